The minimum Gasteiger partial charge on any atom is -0.504 e. The molecule has 0 unspecified atom stereocenters. The third-order valence-electron chi connectivity index (χ3n) is 7.47. The first kappa shape index (κ1) is 34.4. The number of carbonyl (C=O) groups is 1. The molecular formula is C30H38O15. The van der Waals surface area contributed by atoms with Gasteiger partial charge >= 0.3 is 5.97 Å². The standard InChI is InChI=1S/C30H38O15/c1-14-23(36)24(37)25(38)30(42-14)45-28-26(39)29(41-10-9-16-4-7-20(40-2)19(34)12-16)43-21(13-31)27(28)44-22(35)8-5-15-3-6-17(32)18(33)11-15/h3-8,11-12,14,21,23-34,36-39H,9-10,13H2,1-2H3/b8-5+/t14-,21-,23-,24-,25-,26-,27-,28+,29-,30+/m1/s1. The molecule has 0 radical (unpaired) electrons. The molecular weight excluding hydrogens is 600 g/mol. The largest absolute Gasteiger partial charge is 0.504 e. The molecule has 2 aliphatic heterocycles. The van der Waals surface area contributed by atoms with Crippen LogP contribution in [0.3, 0.4) is 0 Å². The quantitative estimate of drug-likeness (QED) is 0.0862. The van der Waals surface area contributed by atoms with Gasteiger partial charge in [-0.3, -0.25) is 0 Å². The molecule has 4 rings (SSSR count). The number of benzene rings is 2. The van der Waals surface area contributed by atoms with Crippen LogP contribution < -0.4 is 4.74 Å². The Morgan fingerprint density at radius 1 is 0.867 bits per heavy atom. The lowest BCUT2D eigenvalue weighted by molar-refractivity contribution is -0.357. The van der Waals surface area contributed by atoms with Gasteiger partial charge in [-0.2, -0.15) is 0 Å². The van der Waals surface area contributed by atoms with Crippen LogP contribution in [0.25, 0.3) is 6.08 Å². The minimum atomic E-state index is -1.76. The Balaban J connectivity index is 1.52. The number of methoxy groups -OCH3 is 1. The molecule has 2 aromatic carbocycles. The molecule has 0 amide bonds. The van der Waals surface area contributed by atoms with Gasteiger partial charge in [-0.25, -0.2) is 4.79 Å². The first-order valence-corrected chi connectivity index (χ1v) is 14.1. The van der Waals surface area contributed by atoms with Crippen molar-refractivity contribution < 1.29 is 74.1 Å². The van der Waals surface area contributed by atoms with E-state index in [0.717, 1.165) is 6.08 Å². The highest BCUT2D eigenvalue weighted by atomic mass is 16.7. The monoisotopic (exact) mass is 638 g/mol. The Labute approximate surface area is 258 Å². The van der Waals surface area contributed by atoms with Crippen molar-refractivity contribution in [2.45, 2.75) is 74.8 Å². The van der Waals surface area contributed by atoms with Crippen LogP contribution in [0.5, 0.6) is 23.0 Å². The lowest BCUT2D eigenvalue weighted by atomic mass is 9.97. The summed E-state index contributed by atoms with van der Waals surface area (Å²) in [6, 6.07) is 8.60. The van der Waals surface area contributed by atoms with Crippen molar-refractivity contribution in [2.75, 3.05) is 20.3 Å². The van der Waals surface area contributed by atoms with E-state index in [1.54, 1.807) is 12.1 Å². The fourth-order valence-corrected chi connectivity index (χ4v) is 4.92. The van der Waals surface area contributed by atoms with Crippen molar-refractivity contribution >= 4 is 12.0 Å². The van der Waals surface area contributed by atoms with E-state index in [9.17, 15) is 45.6 Å². The number of aliphatic hydroxyl groups excluding tert-OH is 5. The fourth-order valence-electron chi connectivity index (χ4n) is 4.92. The van der Waals surface area contributed by atoms with E-state index in [4.69, 9.17) is 28.4 Å². The molecule has 0 aliphatic carbocycles. The second-order valence-electron chi connectivity index (χ2n) is 10.6. The Kier molecular flexibility index (Phi) is 11.6. The number of esters is 1. The van der Waals surface area contributed by atoms with E-state index in [2.05, 4.69) is 0 Å². The Hall–Kier alpha value is -3.51. The summed E-state index contributed by atoms with van der Waals surface area (Å²) in [5.41, 5.74) is 1.01. The van der Waals surface area contributed by atoms with Crippen LogP contribution in [-0.4, -0.2) is 129 Å². The van der Waals surface area contributed by atoms with Crippen LogP contribution in [0.15, 0.2) is 42.5 Å². The minimum absolute atomic E-state index is 0.0322. The third-order valence-corrected chi connectivity index (χ3v) is 7.47. The molecule has 0 bridgehead atoms. The summed E-state index contributed by atoms with van der Waals surface area (Å²) in [5, 5.41) is 81.5. The molecule has 0 spiro atoms. The molecule has 2 saturated heterocycles. The average Bonchev–Trinajstić information content (AvgIpc) is 3.02. The highest BCUT2D eigenvalue weighted by molar-refractivity contribution is 5.87. The number of aromatic hydroxyl groups is 3. The second kappa shape index (κ2) is 15.2. The van der Waals surface area contributed by atoms with E-state index in [0.29, 0.717) is 11.1 Å². The number of hydrogen-bond donors (Lipinski definition) is 8. The number of hydrogen-bond acceptors (Lipinski definition) is 15. The van der Waals surface area contributed by atoms with Gasteiger partial charge in [-0.05, 0) is 54.8 Å². The molecule has 0 saturated carbocycles. The smallest absolute Gasteiger partial charge is 0.331 e. The van der Waals surface area contributed by atoms with Crippen molar-refractivity contribution in [2.24, 2.45) is 0 Å². The van der Waals surface area contributed by atoms with Crippen LogP contribution in [0.1, 0.15) is 18.1 Å². The molecule has 10 atom stereocenters. The van der Waals surface area contributed by atoms with E-state index >= 15 is 0 Å². The van der Waals surface area contributed by atoms with Crippen LogP contribution in [0.4, 0.5) is 0 Å². The maximum absolute atomic E-state index is 12.8. The molecule has 8 N–H and O–H groups in total. The van der Waals surface area contributed by atoms with Crippen LogP contribution in [0.2, 0.25) is 0 Å². The van der Waals surface area contributed by atoms with E-state index in [1.807, 2.05) is 0 Å². The number of rotatable bonds is 11. The summed E-state index contributed by atoms with van der Waals surface area (Å²) >= 11 is 0. The highest BCUT2D eigenvalue weighted by Gasteiger charge is 2.52. The Bertz CT molecular complexity index is 1320. The lowest BCUT2D eigenvalue weighted by Gasteiger charge is -2.46. The molecule has 0 aromatic heterocycles. The maximum atomic E-state index is 12.8. The highest BCUT2D eigenvalue weighted by Crippen LogP contribution is 2.32. The Morgan fingerprint density at radius 2 is 1.62 bits per heavy atom. The van der Waals surface area contributed by atoms with Gasteiger partial charge in [-0.15, -0.1) is 0 Å². The lowest BCUT2D eigenvalue weighted by Crippen LogP contribution is -2.65. The van der Waals surface area contributed by atoms with Crippen LogP contribution in [-0.2, 0) is 34.9 Å². The van der Waals surface area contributed by atoms with Gasteiger partial charge in [0.25, 0.3) is 0 Å². The molecule has 2 aliphatic rings. The third kappa shape index (κ3) is 8.21. The number of ether oxygens (including phenoxy) is 6. The second-order valence-corrected chi connectivity index (χ2v) is 10.6. The van der Waals surface area contributed by atoms with Crippen molar-refractivity contribution in [1.82, 2.24) is 0 Å². The van der Waals surface area contributed by atoms with E-state index in [1.165, 1.54) is 44.4 Å². The van der Waals surface area contributed by atoms with Crippen LogP contribution >= 0.6 is 0 Å². The van der Waals surface area contributed by atoms with Crippen molar-refractivity contribution in [1.29, 1.82) is 0 Å². The first-order valence-electron chi connectivity index (χ1n) is 14.1. The normalized spacial score (nSPS) is 32.0. The van der Waals surface area contributed by atoms with Gasteiger partial charge in [0.15, 0.2) is 41.7 Å². The first-order chi connectivity index (χ1) is 21.4. The predicted octanol–water partition coefficient (Wildman–Crippen LogP) is -0.713. The Morgan fingerprint density at radius 3 is 2.29 bits per heavy atom. The average molecular weight is 639 g/mol. The van der Waals surface area contributed by atoms with Gasteiger partial charge in [0, 0.05) is 6.08 Å². The maximum Gasteiger partial charge on any atom is 0.331 e. The van der Waals surface area contributed by atoms with E-state index < -0.39 is 79.7 Å². The van der Waals surface area contributed by atoms with Gasteiger partial charge < -0.3 is 69.3 Å². The predicted molar refractivity (Wildman–Crippen MR) is 152 cm³/mol. The molecule has 45 heavy (non-hydrogen) atoms. The molecule has 2 aromatic rings. The van der Waals surface area contributed by atoms with Gasteiger partial charge in [0.2, 0.25) is 0 Å². The number of phenolic OH excluding ortho intramolecular Hbond substituents is 3. The zero-order valence-corrected chi connectivity index (χ0v) is 24.4. The summed E-state index contributed by atoms with van der Waals surface area (Å²) in [6.07, 6.45) is -12.4. The molecule has 15 heteroatoms. The van der Waals surface area contributed by atoms with Gasteiger partial charge in [0.1, 0.15) is 36.6 Å². The molecule has 15 nitrogen and oxygen atoms in total. The van der Waals surface area contributed by atoms with Gasteiger partial charge in [0.05, 0.1) is 26.4 Å². The fraction of sp³-hybridized carbons (Fsp3) is 0.500. The summed E-state index contributed by atoms with van der Waals surface area (Å²) in [4.78, 5) is 12.8. The summed E-state index contributed by atoms with van der Waals surface area (Å²) < 4.78 is 33.4. The van der Waals surface area contributed by atoms with Crippen molar-refractivity contribution in [3.63, 3.8) is 0 Å². The zero-order chi connectivity index (χ0) is 32.8. The summed E-state index contributed by atoms with van der Waals surface area (Å²) in [6.45, 7) is 0.674. The van der Waals surface area contributed by atoms with E-state index in [-0.39, 0.29) is 30.3 Å². The number of carbonyl (C=O) groups excluding carboxylic acids is 1. The molecule has 2 fully saturated rings. The zero-order valence-electron chi connectivity index (χ0n) is 24.4. The van der Waals surface area contributed by atoms with Crippen molar-refractivity contribution in [3.05, 3.63) is 53.6 Å². The topological polar surface area (TPSA) is 234 Å². The summed E-state index contributed by atoms with van der Waals surface area (Å²) in [5.74, 6) is -1.53. The SMILES string of the molecule is COc1ccc(CCO[C@@H]2O[C@H](CO)[C@@H](OC(=O)/C=C/c3ccc(O)c(O)c3)[C@@H](O[C@@H]3O[C@H](C)[C@@H](O)[C@@H](O)[C@H]3O)[C@H]2O)cc1O. The number of phenols is 3. The van der Waals surface area contributed by atoms with Crippen LogP contribution in [0, 0.1) is 0 Å². The van der Waals surface area contributed by atoms with Gasteiger partial charge in [-0.1, -0.05) is 12.1 Å². The number of aliphatic hydroxyl groups is 5. The summed E-state index contributed by atoms with van der Waals surface area (Å²) in [7, 11) is 1.42. The molecule has 248 valence electrons. The van der Waals surface area contributed by atoms with Crippen molar-refractivity contribution in [3.8, 4) is 23.0 Å². The molecule has 2 heterocycles.